The average Bonchev–Trinajstić information content (AvgIpc) is 2.57. The van der Waals surface area contributed by atoms with Crippen LogP contribution in [-0.2, 0) is 4.74 Å². The summed E-state index contributed by atoms with van der Waals surface area (Å²) in [5.41, 5.74) is 0.830. The molecule has 0 saturated heterocycles. The second kappa shape index (κ2) is 8.63. The number of hydrogen-bond acceptors (Lipinski definition) is 4. The topological polar surface area (TPSA) is 80.3 Å². The van der Waals surface area contributed by atoms with Crippen molar-refractivity contribution in [2.45, 2.75) is 0 Å². The van der Waals surface area contributed by atoms with E-state index in [1.807, 2.05) is 0 Å². The van der Waals surface area contributed by atoms with E-state index in [4.69, 9.17) is 27.9 Å². The van der Waals surface area contributed by atoms with Crippen molar-refractivity contribution >= 4 is 40.7 Å². The first-order chi connectivity index (χ1) is 11.5. The minimum Gasteiger partial charge on any atom is -0.383 e. The Bertz CT molecular complexity index is 753. The van der Waals surface area contributed by atoms with Gasteiger partial charge in [0.15, 0.2) is 0 Å². The number of amides is 2. The second-order valence-electron chi connectivity index (χ2n) is 4.76. The smallest absolute Gasteiger partial charge is 0.274 e. The molecule has 0 radical (unpaired) electrons. The van der Waals surface area contributed by atoms with Gasteiger partial charge in [-0.25, -0.2) is 0 Å². The Morgan fingerprint density at radius 3 is 2.67 bits per heavy atom. The van der Waals surface area contributed by atoms with Crippen molar-refractivity contribution in [2.24, 2.45) is 0 Å². The van der Waals surface area contributed by atoms with Crippen LogP contribution < -0.4 is 10.6 Å². The molecule has 0 bridgehead atoms. The molecule has 0 aliphatic rings. The Hall–Kier alpha value is -2.15. The third-order valence-electron chi connectivity index (χ3n) is 3.03. The number of halogens is 2. The quantitative estimate of drug-likeness (QED) is 0.769. The normalized spacial score (nSPS) is 10.3. The van der Waals surface area contributed by atoms with Crippen LogP contribution in [0, 0.1) is 0 Å². The minimum atomic E-state index is -0.481. The van der Waals surface area contributed by atoms with Crippen LogP contribution in [0.25, 0.3) is 0 Å². The van der Waals surface area contributed by atoms with Gasteiger partial charge in [-0.3, -0.25) is 14.6 Å². The van der Waals surface area contributed by atoms with E-state index in [0.29, 0.717) is 34.4 Å². The molecule has 24 heavy (non-hydrogen) atoms. The van der Waals surface area contributed by atoms with Gasteiger partial charge >= 0.3 is 0 Å². The lowest BCUT2D eigenvalue weighted by atomic mass is 10.2. The number of methoxy groups -OCH3 is 1. The number of carbonyl (C=O) groups is 2. The molecule has 0 fully saturated rings. The lowest BCUT2D eigenvalue weighted by molar-refractivity contribution is 0.0937. The van der Waals surface area contributed by atoms with Crippen molar-refractivity contribution in [3.63, 3.8) is 0 Å². The summed E-state index contributed by atoms with van der Waals surface area (Å²) in [6, 6.07) is 7.64. The van der Waals surface area contributed by atoms with Crippen LogP contribution in [0.5, 0.6) is 0 Å². The zero-order chi connectivity index (χ0) is 17.5. The zero-order valence-corrected chi connectivity index (χ0v) is 14.3. The van der Waals surface area contributed by atoms with Crippen LogP contribution in [0.15, 0.2) is 36.5 Å². The van der Waals surface area contributed by atoms with Gasteiger partial charge in [-0.15, -0.1) is 0 Å². The fraction of sp³-hybridized carbons (Fsp3) is 0.188. The van der Waals surface area contributed by atoms with Crippen LogP contribution in [0.4, 0.5) is 5.69 Å². The number of benzene rings is 1. The molecule has 2 aromatic rings. The molecule has 1 aromatic heterocycles. The Morgan fingerprint density at radius 1 is 1.17 bits per heavy atom. The second-order valence-corrected chi connectivity index (χ2v) is 5.60. The summed E-state index contributed by atoms with van der Waals surface area (Å²) in [6.45, 7) is 0.777. The van der Waals surface area contributed by atoms with Gasteiger partial charge in [-0.1, -0.05) is 23.2 Å². The van der Waals surface area contributed by atoms with Crippen molar-refractivity contribution in [3.05, 3.63) is 57.8 Å². The lowest BCUT2D eigenvalue weighted by Crippen LogP contribution is -2.27. The molecule has 2 rings (SSSR count). The lowest BCUT2D eigenvalue weighted by Gasteiger charge is -2.08. The highest BCUT2D eigenvalue weighted by Crippen LogP contribution is 2.25. The number of rotatable bonds is 6. The van der Waals surface area contributed by atoms with Crippen molar-refractivity contribution in [2.75, 3.05) is 25.6 Å². The van der Waals surface area contributed by atoms with E-state index in [0.717, 1.165) is 0 Å². The maximum absolute atomic E-state index is 12.3. The molecule has 126 valence electrons. The minimum absolute atomic E-state index is 0.0976. The van der Waals surface area contributed by atoms with Crippen molar-refractivity contribution in [3.8, 4) is 0 Å². The Morgan fingerprint density at radius 2 is 1.96 bits per heavy atom. The molecule has 0 aliphatic heterocycles. The number of anilines is 1. The molecule has 8 heteroatoms. The molecular formula is C16H15Cl2N3O3. The molecule has 0 spiro atoms. The summed E-state index contributed by atoms with van der Waals surface area (Å²) in [5, 5.41) is 6.07. The molecule has 2 amide bonds. The highest BCUT2D eigenvalue weighted by molar-refractivity contribution is 6.36. The van der Waals surface area contributed by atoms with Crippen LogP contribution >= 0.6 is 23.2 Å². The Balaban J connectivity index is 2.09. The van der Waals surface area contributed by atoms with E-state index < -0.39 is 5.91 Å². The predicted octanol–water partition coefficient (Wildman–Crippen LogP) is 3.02. The first kappa shape index (κ1) is 18.2. The number of hydrogen-bond donors (Lipinski definition) is 2. The Labute approximate surface area is 149 Å². The molecule has 0 saturated carbocycles. The van der Waals surface area contributed by atoms with Gasteiger partial charge in [0.2, 0.25) is 0 Å². The van der Waals surface area contributed by atoms with E-state index in [1.54, 1.807) is 19.2 Å². The average molecular weight is 368 g/mol. The number of ether oxygens (including phenoxy) is 1. The Kier molecular flexibility index (Phi) is 6.54. The first-order valence-electron chi connectivity index (χ1n) is 7.01. The fourth-order valence-corrected chi connectivity index (χ4v) is 2.30. The summed E-state index contributed by atoms with van der Waals surface area (Å²) in [5.74, 6) is -0.793. The predicted molar refractivity (Wildman–Crippen MR) is 92.9 cm³/mol. The van der Waals surface area contributed by atoms with Crippen molar-refractivity contribution in [1.82, 2.24) is 10.3 Å². The third-order valence-corrected chi connectivity index (χ3v) is 3.57. The van der Waals surface area contributed by atoms with Gasteiger partial charge in [0.25, 0.3) is 11.8 Å². The maximum atomic E-state index is 12.3. The summed E-state index contributed by atoms with van der Waals surface area (Å²) in [7, 11) is 1.54. The maximum Gasteiger partial charge on any atom is 0.274 e. The third kappa shape index (κ3) is 4.92. The number of pyridine rings is 1. The molecule has 1 heterocycles. The van der Waals surface area contributed by atoms with E-state index in [1.165, 1.54) is 24.4 Å². The van der Waals surface area contributed by atoms with Gasteiger partial charge in [-0.2, -0.15) is 0 Å². The number of nitrogens with one attached hydrogen (secondary N) is 2. The summed E-state index contributed by atoms with van der Waals surface area (Å²) in [4.78, 5) is 28.2. The number of nitrogens with zero attached hydrogens (tertiary/aromatic N) is 1. The first-order valence-corrected chi connectivity index (χ1v) is 7.76. The fourth-order valence-electron chi connectivity index (χ4n) is 1.84. The monoisotopic (exact) mass is 367 g/mol. The summed E-state index contributed by atoms with van der Waals surface area (Å²) in [6.07, 6.45) is 1.39. The van der Waals surface area contributed by atoms with Gasteiger partial charge in [0.1, 0.15) is 5.69 Å². The highest BCUT2D eigenvalue weighted by Gasteiger charge is 2.13. The van der Waals surface area contributed by atoms with Crippen molar-refractivity contribution in [1.29, 1.82) is 0 Å². The van der Waals surface area contributed by atoms with Crippen LogP contribution in [0.2, 0.25) is 10.0 Å². The molecule has 0 atom stereocenters. The van der Waals surface area contributed by atoms with Crippen LogP contribution in [0.3, 0.4) is 0 Å². The molecule has 1 aromatic carbocycles. The number of carbonyl (C=O) groups excluding carboxylic acids is 2. The SMILES string of the molecule is COCCNC(=O)c1ccnc(C(=O)Nc2ccc(Cl)cc2Cl)c1. The zero-order valence-electron chi connectivity index (χ0n) is 12.8. The van der Waals surface area contributed by atoms with Gasteiger partial charge in [-0.05, 0) is 30.3 Å². The number of aromatic nitrogens is 1. The standard InChI is InChI=1S/C16H15Cl2N3O3/c1-24-7-6-20-15(22)10-4-5-19-14(8-10)16(23)21-13-3-2-11(17)9-12(13)18/h2-5,8-9H,6-7H2,1H3,(H,20,22)(H,21,23). The molecule has 2 N–H and O–H groups in total. The molecular weight excluding hydrogens is 353 g/mol. The largest absolute Gasteiger partial charge is 0.383 e. The summed E-state index contributed by atoms with van der Waals surface area (Å²) >= 11 is 11.8. The highest BCUT2D eigenvalue weighted by atomic mass is 35.5. The molecule has 0 aliphatic carbocycles. The molecule has 0 unspecified atom stereocenters. The van der Waals surface area contributed by atoms with E-state index >= 15 is 0 Å². The van der Waals surface area contributed by atoms with Gasteiger partial charge in [0, 0.05) is 30.4 Å². The van der Waals surface area contributed by atoms with E-state index in [9.17, 15) is 9.59 Å². The van der Waals surface area contributed by atoms with Crippen LogP contribution in [-0.4, -0.2) is 37.1 Å². The van der Waals surface area contributed by atoms with E-state index in [2.05, 4.69) is 15.6 Å². The molecule has 6 nitrogen and oxygen atoms in total. The van der Waals surface area contributed by atoms with Crippen molar-refractivity contribution < 1.29 is 14.3 Å². The van der Waals surface area contributed by atoms with Gasteiger partial charge in [0.05, 0.1) is 17.3 Å². The van der Waals surface area contributed by atoms with E-state index in [-0.39, 0.29) is 11.6 Å². The van der Waals surface area contributed by atoms with Gasteiger partial charge < -0.3 is 15.4 Å². The van der Waals surface area contributed by atoms with Crippen LogP contribution in [0.1, 0.15) is 20.8 Å². The summed E-state index contributed by atoms with van der Waals surface area (Å²) < 4.78 is 4.86.